The molecule has 0 spiro atoms. The van der Waals surface area contributed by atoms with Crippen molar-refractivity contribution in [3.63, 3.8) is 0 Å². The molecule has 0 radical (unpaired) electrons. The molecule has 1 aromatic heterocycles. The fraction of sp³-hybridized carbons (Fsp3) is 0.529. The summed E-state index contributed by atoms with van der Waals surface area (Å²) in [5.41, 5.74) is 2.13. The number of likely N-dealkylation sites (N-methyl/N-ethyl adjacent to an activating group) is 1. The van der Waals surface area contributed by atoms with Gasteiger partial charge in [-0.15, -0.1) is 0 Å². The predicted molar refractivity (Wildman–Crippen MR) is 101 cm³/mol. The van der Waals surface area contributed by atoms with Gasteiger partial charge >= 0.3 is 5.69 Å². The van der Waals surface area contributed by atoms with Crippen LogP contribution in [0.1, 0.15) is 25.3 Å². The Morgan fingerprint density at radius 1 is 1.23 bits per heavy atom. The summed E-state index contributed by atoms with van der Waals surface area (Å²) in [6.07, 6.45) is 2.55. The van der Waals surface area contributed by atoms with Gasteiger partial charge in [-0.1, -0.05) is 11.6 Å². The maximum Gasteiger partial charge on any atom is 0.350 e. The van der Waals surface area contributed by atoms with Gasteiger partial charge in [0.05, 0.1) is 21.6 Å². The smallest absolute Gasteiger partial charge is 0.350 e. The lowest BCUT2D eigenvalue weighted by atomic mass is 10.2. The molecular formula is C17H21ClFN5O2. The Hall–Kier alpha value is -2.06. The Labute approximate surface area is 154 Å². The summed E-state index contributed by atoms with van der Waals surface area (Å²) in [6.45, 7) is 1.29. The standard InChI is InChI=1S/C17H21ClFN5O2/c1-20-9-5-6-22(8-9)15-12(19)7-11-14(13(15)18)23(10-3-4-10)17(26)24(21-2)16(11)25/h7,9-10,20-21H,3-6,8H2,1-2H3/t9-/m0/s1. The molecule has 2 fully saturated rings. The van der Waals surface area contributed by atoms with Gasteiger partial charge in [0.1, 0.15) is 5.82 Å². The van der Waals surface area contributed by atoms with Gasteiger partial charge in [0.15, 0.2) is 0 Å². The van der Waals surface area contributed by atoms with Crippen LogP contribution in [0.3, 0.4) is 0 Å². The highest BCUT2D eigenvalue weighted by atomic mass is 35.5. The van der Waals surface area contributed by atoms with Crippen molar-refractivity contribution in [2.45, 2.75) is 31.3 Å². The molecule has 1 saturated heterocycles. The molecule has 2 aliphatic rings. The summed E-state index contributed by atoms with van der Waals surface area (Å²) in [5.74, 6) is -0.542. The van der Waals surface area contributed by atoms with Crippen molar-refractivity contribution in [3.05, 3.63) is 37.7 Å². The molecule has 2 aromatic rings. The fourth-order valence-electron chi connectivity index (χ4n) is 3.77. The highest BCUT2D eigenvalue weighted by Gasteiger charge is 2.32. The quantitative estimate of drug-likeness (QED) is 0.834. The summed E-state index contributed by atoms with van der Waals surface area (Å²) in [7, 11) is 3.36. The first kappa shape index (κ1) is 17.4. The van der Waals surface area contributed by atoms with Gasteiger partial charge in [0.25, 0.3) is 5.56 Å². The van der Waals surface area contributed by atoms with E-state index in [1.807, 2.05) is 11.9 Å². The van der Waals surface area contributed by atoms with E-state index < -0.39 is 17.1 Å². The molecule has 1 saturated carbocycles. The van der Waals surface area contributed by atoms with E-state index in [9.17, 15) is 14.0 Å². The van der Waals surface area contributed by atoms with Crippen molar-refractivity contribution >= 4 is 28.2 Å². The normalized spacial score (nSPS) is 20.2. The fourth-order valence-corrected chi connectivity index (χ4v) is 4.17. The maximum absolute atomic E-state index is 14.9. The van der Waals surface area contributed by atoms with E-state index in [-0.39, 0.29) is 28.2 Å². The van der Waals surface area contributed by atoms with Gasteiger partial charge in [-0.3, -0.25) is 9.36 Å². The van der Waals surface area contributed by atoms with Crippen molar-refractivity contribution in [2.24, 2.45) is 0 Å². The minimum Gasteiger partial charge on any atom is -0.366 e. The van der Waals surface area contributed by atoms with Crippen LogP contribution in [0, 0.1) is 5.82 Å². The monoisotopic (exact) mass is 381 g/mol. The van der Waals surface area contributed by atoms with Crippen molar-refractivity contribution in [1.29, 1.82) is 0 Å². The van der Waals surface area contributed by atoms with Crippen molar-refractivity contribution in [3.8, 4) is 0 Å². The summed E-state index contributed by atoms with van der Waals surface area (Å²) in [5, 5.41) is 3.44. The summed E-state index contributed by atoms with van der Waals surface area (Å²) in [4.78, 5) is 27.3. The van der Waals surface area contributed by atoms with Crippen LogP contribution in [0.15, 0.2) is 15.7 Å². The van der Waals surface area contributed by atoms with Crippen molar-refractivity contribution in [2.75, 3.05) is 37.5 Å². The van der Waals surface area contributed by atoms with Crippen LogP contribution in [0.25, 0.3) is 10.9 Å². The Bertz CT molecular complexity index is 998. The number of aromatic nitrogens is 2. The second-order valence-corrected chi connectivity index (χ2v) is 7.26. The third-order valence-electron chi connectivity index (χ3n) is 5.29. The number of hydrogen-bond acceptors (Lipinski definition) is 5. The van der Waals surface area contributed by atoms with Gasteiger partial charge < -0.3 is 15.6 Å². The summed E-state index contributed by atoms with van der Waals surface area (Å²) < 4.78 is 17.4. The lowest BCUT2D eigenvalue weighted by Gasteiger charge is -2.23. The van der Waals surface area contributed by atoms with Crippen LogP contribution in [0.4, 0.5) is 10.1 Å². The SMILES string of the molecule is CN[C@H]1CCN(c2c(F)cc3c(=O)n(NC)c(=O)n(C4CC4)c3c2Cl)C1. The molecular weight excluding hydrogens is 361 g/mol. The van der Waals surface area contributed by atoms with Crippen LogP contribution in [0.5, 0.6) is 0 Å². The van der Waals surface area contributed by atoms with Gasteiger partial charge in [0.2, 0.25) is 0 Å². The van der Waals surface area contributed by atoms with E-state index in [0.29, 0.717) is 18.6 Å². The van der Waals surface area contributed by atoms with Gasteiger partial charge in [-0.2, -0.15) is 4.68 Å². The molecule has 1 aliphatic carbocycles. The van der Waals surface area contributed by atoms with E-state index in [1.54, 1.807) is 0 Å². The number of hydrogen-bond donors (Lipinski definition) is 2. The third kappa shape index (κ3) is 2.51. The zero-order chi connectivity index (χ0) is 18.6. The Morgan fingerprint density at radius 2 is 1.96 bits per heavy atom. The molecule has 4 rings (SSSR count). The molecule has 7 nitrogen and oxygen atoms in total. The molecule has 0 amide bonds. The molecule has 1 atom stereocenters. The van der Waals surface area contributed by atoms with E-state index in [1.165, 1.54) is 17.7 Å². The van der Waals surface area contributed by atoms with Crippen LogP contribution in [-0.2, 0) is 0 Å². The topological polar surface area (TPSA) is 71.3 Å². The van der Waals surface area contributed by atoms with Gasteiger partial charge in [-0.05, 0) is 32.4 Å². The van der Waals surface area contributed by atoms with Crippen molar-refractivity contribution in [1.82, 2.24) is 14.6 Å². The van der Waals surface area contributed by atoms with Crippen molar-refractivity contribution < 1.29 is 4.39 Å². The lowest BCUT2D eigenvalue weighted by Crippen LogP contribution is -2.44. The number of nitrogens with zero attached hydrogens (tertiary/aromatic N) is 3. The van der Waals surface area contributed by atoms with Gasteiger partial charge in [-0.25, -0.2) is 9.18 Å². The molecule has 0 bridgehead atoms. The van der Waals surface area contributed by atoms with Gasteiger partial charge in [0, 0.05) is 32.2 Å². The van der Waals surface area contributed by atoms with E-state index >= 15 is 0 Å². The first-order valence-corrected chi connectivity index (χ1v) is 9.15. The number of rotatable bonds is 4. The van der Waals surface area contributed by atoms with E-state index in [0.717, 1.165) is 23.9 Å². The summed E-state index contributed by atoms with van der Waals surface area (Å²) >= 11 is 6.60. The largest absolute Gasteiger partial charge is 0.366 e. The van der Waals surface area contributed by atoms with E-state index in [4.69, 9.17) is 11.6 Å². The molecule has 2 N–H and O–H groups in total. The second kappa shape index (κ2) is 6.28. The molecule has 1 aliphatic heterocycles. The van der Waals surface area contributed by atoms with Crippen LogP contribution < -0.4 is 26.9 Å². The molecule has 1 aromatic carbocycles. The zero-order valence-electron chi connectivity index (χ0n) is 14.7. The molecule has 0 unspecified atom stereocenters. The van der Waals surface area contributed by atoms with Crippen LogP contribution in [0.2, 0.25) is 5.02 Å². The number of halogens is 2. The average Bonchev–Trinajstić information content (AvgIpc) is 3.34. The molecule has 9 heteroatoms. The van der Waals surface area contributed by atoms with Crippen LogP contribution >= 0.6 is 11.6 Å². The minimum atomic E-state index is -0.591. The maximum atomic E-state index is 14.9. The highest BCUT2D eigenvalue weighted by Crippen LogP contribution is 2.41. The molecule has 26 heavy (non-hydrogen) atoms. The highest BCUT2D eigenvalue weighted by molar-refractivity contribution is 6.38. The summed E-state index contributed by atoms with van der Waals surface area (Å²) in [6, 6.07) is 1.45. The second-order valence-electron chi connectivity index (χ2n) is 6.89. The number of benzene rings is 1. The Morgan fingerprint density at radius 3 is 2.54 bits per heavy atom. The number of nitrogens with one attached hydrogen (secondary N) is 2. The Kier molecular flexibility index (Phi) is 4.19. The minimum absolute atomic E-state index is 0.00959. The first-order chi connectivity index (χ1) is 12.5. The molecule has 140 valence electrons. The van der Waals surface area contributed by atoms with Crippen LogP contribution in [-0.4, -0.2) is 42.5 Å². The zero-order valence-corrected chi connectivity index (χ0v) is 15.4. The van der Waals surface area contributed by atoms with E-state index in [2.05, 4.69) is 10.7 Å². The third-order valence-corrected chi connectivity index (χ3v) is 5.65. The predicted octanol–water partition coefficient (Wildman–Crippen LogP) is 1.26. The Balaban J connectivity index is 2.02. The lowest BCUT2D eigenvalue weighted by molar-refractivity contribution is 0.608. The number of anilines is 1. The average molecular weight is 382 g/mol. The molecule has 2 heterocycles. The first-order valence-electron chi connectivity index (χ1n) is 8.77. The number of fused-ring (bicyclic) bond motifs is 1.